The van der Waals surface area contributed by atoms with Gasteiger partial charge in [0.1, 0.15) is 0 Å². The van der Waals surface area contributed by atoms with E-state index in [9.17, 15) is 10.1 Å². The second-order valence-electron chi connectivity index (χ2n) is 4.68. The maximum Gasteiger partial charge on any atom is 0.272 e. The molecule has 0 fully saturated rings. The normalized spacial score (nSPS) is 12.2. The summed E-state index contributed by atoms with van der Waals surface area (Å²) in [6.07, 6.45) is 2.14. The molecule has 0 saturated carbocycles. The van der Waals surface area contributed by atoms with Crippen LogP contribution in [0.25, 0.3) is 0 Å². The fourth-order valence-corrected chi connectivity index (χ4v) is 2.09. The molecule has 0 saturated heterocycles. The van der Waals surface area contributed by atoms with E-state index in [0.29, 0.717) is 6.04 Å². The largest absolute Gasteiger partial charge is 0.369 e. The molecule has 0 aromatic heterocycles. The summed E-state index contributed by atoms with van der Waals surface area (Å²) >= 11 is 0. The molecule has 18 heavy (non-hydrogen) atoms. The van der Waals surface area contributed by atoms with Gasteiger partial charge >= 0.3 is 0 Å². The van der Waals surface area contributed by atoms with Crippen LogP contribution in [0.2, 0.25) is 0 Å². The highest BCUT2D eigenvalue weighted by Crippen LogP contribution is 2.26. The molecular weight excluding hydrogens is 228 g/mol. The number of nitro groups is 1. The lowest BCUT2D eigenvalue weighted by Crippen LogP contribution is -2.33. The Balaban J connectivity index is 3.06. The van der Waals surface area contributed by atoms with Crippen molar-refractivity contribution in [1.82, 2.24) is 0 Å². The summed E-state index contributed by atoms with van der Waals surface area (Å²) in [4.78, 5) is 12.8. The van der Waals surface area contributed by atoms with E-state index in [1.807, 2.05) is 12.1 Å². The quantitative estimate of drug-likeness (QED) is 0.568. The SMILES string of the molecule is CCCN(c1ccc([N+](=O)[O-])c(C)c1)C(C)CC. The summed E-state index contributed by atoms with van der Waals surface area (Å²) in [6, 6.07) is 5.83. The van der Waals surface area contributed by atoms with Gasteiger partial charge in [-0.15, -0.1) is 0 Å². The van der Waals surface area contributed by atoms with E-state index in [1.54, 1.807) is 13.0 Å². The Morgan fingerprint density at radius 3 is 2.50 bits per heavy atom. The lowest BCUT2D eigenvalue weighted by molar-refractivity contribution is -0.385. The van der Waals surface area contributed by atoms with Gasteiger partial charge in [-0.2, -0.15) is 0 Å². The zero-order valence-electron chi connectivity index (χ0n) is 11.6. The summed E-state index contributed by atoms with van der Waals surface area (Å²) in [5, 5.41) is 10.8. The van der Waals surface area contributed by atoms with E-state index >= 15 is 0 Å². The summed E-state index contributed by atoms with van der Waals surface area (Å²) < 4.78 is 0. The summed E-state index contributed by atoms with van der Waals surface area (Å²) in [6.45, 7) is 9.26. The number of aryl methyl sites for hydroxylation is 1. The van der Waals surface area contributed by atoms with Crippen molar-refractivity contribution in [2.75, 3.05) is 11.4 Å². The van der Waals surface area contributed by atoms with E-state index in [2.05, 4.69) is 25.7 Å². The third kappa shape index (κ3) is 3.22. The average Bonchev–Trinajstić information content (AvgIpc) is 2.34. The van der Waals surface area contributed by atoms with Crippen LogP contribution in [-0.4, -0.2) is 17.5 Å². The van der Waals surface area contributed by atoms with Gasteiger partial charge in [-0.25, -0.2) is 0 Å². The first-order valence-corrected chi connectivity index (χ1v) is 6.52. The minimum absolute atomic E-state index is 0.194. The number of rotatable bonds is 6. The molecule has 4 nitrogen and oxygen atoms in total. The predicted molar refractivity (Wildman–Crippen MR) is 75.2 cm³/mol. The van der Waals surface area contributed by atoms with Crippen LogP contribution in [0, 0.1) is 17.0 Å². The van der Waals surface area contributed by atoms with Crippen LogP contribution < -0.4 is 4.90 Å². The molecule has 0 heterocycles. The Bertz CT molecular complexity index is 418. The number of anilines is 1. The lowest BCUT2D eigenvalue weighted by Gasteiger charge is -2.30. The number of hydrogen-bond donors (Lipinski definition) is 0. The van der Waals surface area contributed by atoms with Gasteiger partial charge in [0, 0.05) is 29.9 Å². The van der Waals surface area contributed by atoms with Crippen molar-refractivity contribution in [3.8, 4) is 0 Å². The van der Waals surface area contributed by atoms with E-state index in [1.165, 1.54) is 0 Å². The van der Waals surface area contributed by atoms with Gasteiger partial charge in [-0.3, -0.25) is 10.1 Å². The van der Waals surface area contributed by atoms with Gasteiger partial charge in [0.25, 0.3) is 5.69 Å². The molecule has 0 aliphatic rings. The van der Waals surface area contributed by atoms with E-state index < -0.39 is 0 Å². The molecule has 1 atom stereocenters. The van der Waals surface area contributed by atoms with Crippen molar-refractivity contribution in [3.05, 3.63) is 33.9 Å². The molecule has 4 heteroatoms. The van der Waals surface area contributed by atoms with Crippen molar-refractivity contribution in [1.29, 1.82) is 0 Å². The van der Waals surface area contributed by atoms with Crippen LogP contribution in [0.15, 0.2) is 18.2 Å². The first-order valence-electron chi connectivity index (χ1n) is 6.52. The molecule has 0 amide bonds. The Hall–Kier alpha value is -1.58. The molecule has 0 aliphatic heterocycles. The number of nitro benzene ring substituents is 1. The van der Waals surface area contributed by atoms with Crippen molar-refractivity contribution in [2.45, 2.75) is 46.6 Å². The second-order valence-corrected chi connectivity index (χ2v) is 4.68. The van der Waals surface area contributed by atoms with Crippen molar-refractivity contribution in [2.24, 2.45) is 0 Å². The second kappa shape index (κ2) is 6.38. The van der Waals surface area contributed by atoms with Gasteiger partial charge in [0.15, 0.2) is 0 Å². The maximum atomic E-state index is 10.8. The fraction of sp³-hybridized carbons (Fsp3) is 0.571. The minimum atomic E-state index is -0.327. The van der Waals surface area contributed by atoms with E-state index in [0.717, 1.165) is 30.6 Å². The third-order valence-electron chi connectivity index (χ3n) is 3.30. The maximum absolute atomic E-state index is 10.8. The van der Waals surface area contributed by atoms with E-state index in [-0.39, 0.29) is 10.6 Å². The molecule has 0 radical (unpaired) electrons. The number of benzene rings is 1. The summed E-state index contributed by atoms with van der Waals surface area (Å²) in [7, 11) is 0. The number of hydrogen-bond acceptors (Lipinski definition) is 3. The molecule has 0 bridgehead atoms. The predicted octanol–water partition coefficient (Wildman–Crippen LogP) is 3.92. The number of nitrogens with zero attached hydrogens (tertiary/aromatic N) is 2. The highest BCUT2D eigenvalue weighted by molar-refractivity contribution is 5.55. The van der Waals surface area contributed by atoms with Crippen LogP contribution in [0.4, 0.5) is 11.4 Å². The lowest BCUT2D eigenvalue weighted by atomic mass is 10.1. The van der Waals surface area contributed by atoms with Gasteiger partial charge in [0.2, 0.25) is 0 Å². The van der Waals surface area contributed by atoms with Crippen LogP contribution in [0.3, 0.4) is 0 Å². The average molecular weight is 250 g/mol. The Kier molecular flexibility index (Phi) is 5.13. The van der Waals surface area contributed by atoms with E-state index in [4.69, 9.17) is 0 Å². The standard InChI is InChI=1S/C14H22N2O2/c1-5-9-15(12(4)6-2)13-7-8-14(16(17)18)11(3)10-13/h7-8,10,12H,5-6,9H2,1-4H3. The molecule has 1 aromatic rings. The van der Waals surface area contributed by atoms with Crippen LogP contribution in [0.1, 0.15) is 39.2 Å². The van der Waals surface area contributed by atoms with Gasteiger partial charge < -0.3 is 4.90 Å². The van der Waals surface area contributed by atoms with Gasteiger partial charge in [-0.1, -0.05) is 13.8 Å². The minimum Gasteiger partial charge on any atom is -0.369 e. The smallest absolute Gasteiger partial charge is 0.272 e. The van der Waals surface area contributed by atoms with Crippen LogP contribution >= 0.6 is 0 Å². The topological polar surface area (TPSA) is 46.4 Å². The van der Waals surface area contributed by atoms with Gasteiger partial charge in [-0.05, 0) is 38.8 Å². The first-order chi connectivity index (χ1) is 8.51. The molecule has 1 unspecified atom stereocenters. The first kappa shape index (κ1) is 14.5. The van der Waals surface area contributed by atoms with Gasteiger partial charge in [0.05, 0.1) is 4.92 Å². The Morgan fingerprint density at radius 1 is 1.39 bits per heavy atom. The fourth-order valence-electron chi connectivity index (χ4n) is 2.09. The highest BCUT2D eigenvalue weighted by Gasteiger charge is 2.16. The molecule has 0 N–H and O–H groups in total. The Morgan fingerprint density at radius 2 is 2.06 bits per heavy atom. The monoisotopic (exact) mass is 250 g/mol. The summed E-state index contributed by atoms with van der Waals surface area (Å²) in [5.41, 5.74) is 2.00. The zero-order chi connectivity index (χ0) is 13.7. The van der Waals surface area contributed by atoms with Crippen molar-refractivity contribution >= 4 is 11.4 Å². The van der Waals surface area contributed by atoms with Crippen molar-refractivity contribution < 1.29 is 4.92 Å². The van der Waals surface area contributed by atoms with Crippen LogP contribution in [-0.2, 0) is 0 Å². The molecule has 0 aliphatic carbocycles. The molecular formula is C14H22N2O2. The van der Waals surface area contributed by atoms with Crippen LogP contribution in [0.5, 0.6) is 0 Å². The molecule has 1 rings (SSSR count). The van der Waals surface area contributed by atoms with Crippen molar-refractivity contribution in [3.63, 3.8) is 0 Å². The molecule has 1 aromatic carbocycles. The zero-order valence-corrected chi connectivity index (χ0v) is 11.6. The molecule has 100 valence electrons. The highest BCUT2D eigenvalue weighted by atomic mass is 16.6. The third-order valence-corrected chi connectivity index (χ3v) is 3.30. The molecule has 0 spiro atoms. The summed E-state index contributed by atoms with van der Waals surface area (Å²) in [5.74, 6) is 0. The Labute approximate surface area is 109 Å².